The van der Waals surface area contributed by atoms with Gasteiger partial charge in [-0.05, 0) is 23.1 Å². The maximum absolute atomic E-state index is 13.6. The van der Waals surface area contributed by atoms with Gasteiger partial charge in [0.15, 0.2) is 23.3 Å². The Morgan fingerprint density at radius 3 is 1.75 bits per heavy atom. The molecule has 2 rings (SSSR count). The van der Waals surface area contributed by atoms with Crippen LogP contribution in [0.15, 0.2) is 35.2 Å². The van der Waals surface area contributed by atoms with Crippen LogP contribution in [0.2, 0.25) is 0 Å². The Morgan fingerprint density at radius 1 is 0.875 bits per heavy atom. The fourth-order valence-corrected chi connectivity index (χ4v) is 3.05. The van der Waals surface area contributed by atoms with E-state index in [1.807, 2.05) is 20.8 Å². The maximum Gasteiger partial charge on any atom is 0.262 e. The maximum atomic E-state index is 13.6. The summed E-state index contributed by atoms with van der Waals surface area (Å²) in [5, 5.41) is 0. The number of rotatable bonds is 3. The van der Waals surface area contributed by atoms with Crippen molar-refractivity contribution < 1.29 is 26.0 Å². The van der Waals surface area contributed by atoms with Crippen LogP contribution in [-0.4, -0.2) is 8.42 Å². The van der Waals surface area contributed by atoms with Crippen molar-refractivity contribution in [3.8, 4) is 0 Å². The molecule has 0 aliphatic heterocycles. The molecule has 0 bridgehead atoms. The minimum Gasteiger partial charge on any atom is -0.274 e. The van der Waals surface area contributed by atoms with E-state index in [0.717, 1.165) is 5.56 Å². The molecule has 130 valence electrons. The number of anilines is 1. The smallest absolute Gasteiger partial charge is 0.262 e. The van der Waals surface area contributed by atoms with Gasteiger partial charge in [-0.3, -0.25) is 4.72 Å². The van der Waals surface area contributed by atoms with E-state index in [2.05, 4.69) is 0 Å². The zero-order chi connectivity index (χ0) is 18.3. The van der Waals surface area contributed by atoms with E-state index in [1.54, 1.807) is 16.9 Å². The second-order valence-electron chi connectivity index (χ2n) is 6.22. The van der Waals surface area contributed by atoms with Crippen LogP contribution < -0.4 is 4.72 Å². The van der Waals surface area contributed by atoms with Crippen molar-refractivity contribution in [2.45, 2.75) is 31.1 Å². The van der Waals surface area contributed by atoms with Gasteiger partial charge in [0.1, 0.15) is 5.69 Å². The molecular weight excluding hydrogens is 346 g/mol. The van der Waals surface area contributed by atoms with Gasteiger partial charge in [0, 0.05) is 6.07 Å². The normalized spacial score (nSPS) is 12.3. The summed E-state index contributed by atoms with van der Waals surface area (Å²) in [6, 6.07) is 5.59. The van der Waals surface area contributed by atoms with Crippen molar-refractivity contribution in [1.82, 2.24) is 0 Å². The second kappa shape index (κ2) is 6.08. The molecule has 2 aromatic rings. The topological polar surface area (TPSA) is 46.2 Å². The molecule has 8 heteroatoms. The minimum atomic E-state index is -4.42. The molecule has 0 amide bonds. The SMILES string of the molecule is CC(C)(C)c1ccc(S(=O)(=O)Nc2c(F)c(F)cc(F)c2F)cc1. The van der Waals surface area contributed by atoms with Crippen molar-refractivity contribution >= 4 is 15.7 Å². The van der Waals surface area contributed by atoms with Gasteiger partial charge in [0.05, 0.1) is 4.90 Å². The lowest BCUT2D eigenvalue weighted by molar-refractivity contribution is 0.459. The lowest BCUT2D eigenvalue weighted by Crippen LogP contribution is -2.17. The Hall–Kier alpha value is -2.09. The van der Waals surface area contributed by atoms with Gasteiger partial charge in [-0.15, -0.1) is 0 Å². The molecule has 0 spiro atoms. The van der Waals surface area contributed by atoms with Gasteiger partial charge in [-0.1, -0.05) is 32.9 Å². The molecule has 0 fully saturated rings. The summed E-state index contributed by atoms with van der Waals surface area (Å²) in [5.74, 6) is -7.03. The average Bonchev–Trinajstić information content (AvgIpc) is 2.49. The summed E-state index contributed by atoms with van der Waals surface area (Å²) < 4.78 is 79.5. The zero-order valence-corrected chi connectivity index (χ0v) is 13.9. The Kier molecular flexibility index (Phi) is 4.63. The molecule has 0 aromatic heterocycles. The third kappa shape index (κ3) is 3.53. The molecule has 0 saturated heterocycles. The largest absolute Gasteiger partial charge is 0.274 e. The van der Waals surface area contributed by atoms with Gasteiger partial charge in [0.25, 0.3) is 10.0 Å². The molecule has 0 saturated carbocycles. The highest BCUT2D eigenvalue weighted by Gasteiger charge is 2.25. The molecule has 24 heavy (non-hydrogen) atoms. The van der Waals surface area contributed by atoms with E-state index < -0.39 is 39.0 Å². The number of halogens is 4. The summed E-state index contributed by atoms with van der Waals surface area (Å²) >= 11 is 0. The van der Waals surface area contributed by atoms with Crippen LogP contribution in [0.1, 0.15) is 26.3 Å². The van der Waals surface area contributed by atoms with Gasteiger partial charge in [-0.2, -0.15) is 0 Å². The van der Waals surface area contributed by atoms with Crippen molar-refractivity contribution in [1.29, 1.82) is 0 Å². The van der Waals surface area contributed by atoms with Crippen LogP contribution in [0.5, 0.6) is 0 Å². The second-order valence-corrected chi connectivity index (χ2v) is 7.91. The van der Waals surface area contributed by atoms with Gasteiger partial charge in [0.2, 0.25) is 0 Å². The van der Waals surface area contributed by atoms with Crippen LogP contribution in [0.25, 0.3) is 0 Å². The molecule has 0 aliphatic carbocycles. The van der Waals surface area contributed by atoms with E-state index in [0.29, 0.717) is 0 Å². The van der Waals surface area contributed by atoms with Crippen LogP contribution in [0, 0.1) is 23.3 Å². The van der Waals surface area contributed by atoms with E-state index in [9.17, 15) is 26.0 Å². The third-order valence-corrected chi connectivity index (χ3v) is 4.74. The highest BCUT2D eigenvalue weighted by molar-refractivity contribution is 7.92. The predicted molar refractivity (Wildman–Crippen MR) is 82.2 cm³/mol. The average molecular weight is 361 g/mol. The van der Waals surface area contributed by atoms with E-state index in [-0.39, 0.29) is 16.4 Å². The van der Waals surface area contributed by atoms with Gasteiger partial charge >= 0.3 is 0 Å². The number of sulfonamides is 1. The third-order valence-electron chi connectivity index (χ3n) is 3.38. The fraction of sp³-hybridized carbons (Fsp3) is 0.250. The summed E-state index contributed by atoms with van der Waals surface area (Å²) in [6.07, 6.45) is 0. The van der Waals surface area contributed by atoms with Crippen LogP contribution in [0.3, 0.4) is 0 Å². The highest BCUT2D eigenvalue weighted by atomic mass is 32.2. The van der Waals surface area contributed by atoms with Gasteiger partial charge < -0.3 is 0 Å². The molecular formula is C16H15F4NO2S. The number of benzene rings is 2. The van der Waals surface area contributed by atoms with E-state index >= 15 is 0 Å². The molecule has 0 heterocycles. The lowest BCUT2D eigenvalue weighted by Gasteiger charge is -2.19. The van der Waals surface area contributed by atoms with Crippen molar-refractivity contribution in [3.05, 3.63) is 59.2 Å². The molecule has 2 aromatic carbocycles. The Balaban J connectivity index is 2.43. The number of nitrogens with one attached hydrogen (secondary N) is 1. The van der Waals surface area contributed by atoms with Crippen molar-refractivity contribution in [3.63, 3.8) is 0 Å². The molecule has 3 nitrogen and oxygen atoms in total. The molecule has 0 unspecified atom stereocenters. The standard InChI is InChI=1S/C16H15F4NO2S/c1-16(2,3)9-4-6-10(7-5-9)24(22,23)21-15-13(19)11(17)8-12(18)14(15)20/h4-8,21H,1-3H3. The van der Waals surface area contributed by atoms with Crippen LogP contribution in [0.4, 0.5) is 23.2 Å². The Labute approximate surface area is 137 Å². The fourth-order valence-electron chi connectivity index (χ4n) is 1.99. The summed E-state index contributed by atoms with van der Waals surface area (Å²) in [6.45, 7) is 5.78. The quantitative estimate of drug-likeness (QED) is 0.653. The van der Waals surface area contributed by atoms with Gasteiger partial charge in [-0.25, -0.2) is 26.0 Å². The predicted octanol–water partition coefficient (Wildman–Crippen LogP) is 4.34. The number of hydrogen-bond donors (Lipinski definition) is 1. The van der Waals surface area contributed by atoms with Crippen LogP contribution in [-0.2, 0) is 15.4 Å². The van der Waals surface area contributed by atoms with Crippen molar-refractivity contribution in [2.75, 3.05) is 4.72 Å². The number of hydrogen-bond acceptors (Lipinski definition) is 2. The summed E-state index contributed by atoms with van der Waals surface area (Å²) in [4.78, 5) is -0.293. The van der Waals surface area contributed by atoms with Crippen LogP contribution >= 0.6 is 0 Å². The Bertz CT molecular complexity index is 846. The zero-order valence-electron chi connectivity index (χ0n) is 13.1. The monoisotopic (exact) mass is 361 g/mol. The van der Waals surface area contributed by atoms with E-state index in [4.69, 9.17) is 0 Å². The first kappa shape index (κ1) is 18.3. The minimum absolute atomic E-state index is 0.000586. The first-order valence-corrected chi connectivity index (χ1v) is 8.38. The molecule has 1 N–H and O–H groups in total. The summed E-state index contributed by atoms with van der Waals surface area (Å²) in [5.41, 5.74) is -0.775. The molecule has 0 atom stereocenters. The van der Waals surface area contributed by atoms with Crippen molar-refractivity contribution in [2.24, 2.45) is 0 Å². The Morgan fingerprint density at radius 2 is 1.33 bits per heavy atom. The van der Waals surface area contributed by atoms with E-state index in [1.165, 1.54) is 12.1 Å². The molecule has 0 aliphatic rings. The highest BCUT2D eigenvalue weighted by Crippen LogP contribution is 2.28. The first-order chi connectivity index (χ1) is 10.9. The molecule has 0 radical (unpaired) electrons. The first-order valence-electron chi connectivity index (χ1n) is 6.90. The summed E-state index contributed by atoms with van der Waals surface area (Å²) in [7, 11) is -4.42. The lowest BCUT2D eigenvalue weighted by atomic mass is 9.87.